The number of thioether (sulfide) groups is 1. The summed E-state index contributed by atoms with van der Waals surface area (Å²) in [5.74, 6) is -0.881. The highest BCUT2D eigenvalue weighted by molar-refractivity contribution is 14.1. The summed E-state index contributed by atoms with van der Waals surface area (Å²) in [4.78, 5) is 19.4. The normalized spacial score (nSPS) is 16.6. The van der Waals surface area contributed by atoms with Gasteiger partial charge in [-0.05, 0) is 83.8 Å². The molecule has 1 aromatic carbocycles. The summed E-state index contributed by atoms with van der Waals surface area (Å²) >= 11 is 5.13. The Balaban J connectivity index is 1.62. The highest BCUT2D eigenvalue weighted by atomic mass is 127. The first-order valence-electron chi connectivity index (χ1n) is 12.8. The van der Waals surface area contributed by atoms with Crippen molar-refractivity contribution >= 4 is 51.7 Å². The zero-order valence-electron chi connectivity index (χ0n) is 21.7. The first-order valence-corrected chi connectivity index (χ1v) is 15.8. The number of carbonyl (C=O) groups is 1. The smallest absolute Gasteiger partial charge is 0.338 e. The molecule has 0 fully saturated rings. The van der Waals surface area contributed by atoms with Gasteiger partial charge in [0.25, 0.3) is 0 Å². The number of allylic oxidation sites excluding steroid dienone is 1. The zero-order chi connectivity index (χ0) is 28.2. The summed E-state index contributed by atoms with van der Waals surface area (Å²) in [6, 6.07) is 16.1. The minimum atomic E-state index is -0.741. The average Bonchev–Trinajstić information content (AvgIpc) is 3.50. The van der Waals surface area contributed by atoms with Crippen molar-refractivity contribution in [2.45, 2.75) is 43.6 Å². The van der Waals surface area contributed by atoms with Crippen LogP contribution in [0.2, 0.25) is 0 Å². The summed E-state index contributed by atoms with van der Waals surface area (Å²) in [5.41, 5.74) is 11.1. The molecule has 0 radical (unpaired) electrons. The summed E-state index contributed by atoms with van der Waals surface area (Å²) in [5, 5.41) is 22.9. The number of ether oxygens (including phenoxy) is 2. The van der Waals surface area contributed by atoms with E-state index in [4.69, 9.17) is 20.2 Å². The number of nitrogens with zero attached hydrogens (tertiary/aromatic N) is 3. The third-order valence-corrected chi connectivity index (χ3v) is 9.71. The molecule has 202 valence electrons. The number of fused-ring (bicyclic) bond motifs is 1. The number of nitriles is 2. The summed E-state index contributed by atoms with van der Waals surface area (Å²) in [6.07, 6.45) is 3.87. The highest BCUT2D eigenvalue weighted by Gasteiger charge is 2.38. The van der Waals surface area contributed by atoms with E-state index in [0.29, 0.717) is 16.3 Å². The molecule has 0 saturated carbocycles. The Morgan fingerprint density at radius 2 is 2.02 bits per heavy atom. The Labute approximate surface area is 254 Å². The molecule has 3 heterocycles. The van der Waals surface area contributed by atoms with E-state index in [9.17, 15) is 15.3 Å². The van der Waals surface area contributed by atoms with Gasteiger partial charge in [-0.25, -0.2) is 9.78 Å². The highest BCUT2D eigenvalue weighted by Crippen LogP contribution is 2.44. The molecule has 3 aromatic rings. The van der Waals surface area contributed by atoms with E-state index in [1.807, 2.05) is 41.8 Å². The standard InChI is InChI=1S/C30H25IN4O3S2/c1-2-37-30(36)27-23(38-28(34)19(14-32)26(27)17-8-3-5-10-21(17)31)16-40-29-20(15-33)25(24-12-7-13-39-24)18-9-4-6-11-22(18)35-29/h3,5,7-8,10,12-13,26H,2,4,6,9,11,16,34H2,1H3. The minimum absolute atomic E-state index is 0.0472. The Morgan fingerprint density at radius 1 is 1.23 bits per heavy atom. The van der Waals surface area contributed by atoms with Crippen molar-refractivity contribution < 1.29 is 14.3 Å². The number of aromatic nitrogens is 1. The van der Waals surface area contributed by atoms with E-state index in [1.54, 1.807) is 18.3 Å². The molecule has 40 heavy (non-hydrogen) atoms. The van der Waals surface area contributed by atoms with Gasteiger partial charge < -0.3 is 15.2 Å². The summed E-state index contributed by atoms with van der Waals surface area (Å²) in [6.45, 7) is 1.90. The predicted molar refractivity (Wildman–Crippen MR) is 163 cm³/mol. The minimum Gasteiger partial charge on any atom is -0.463 e. The number of carbonyl (C=O) groups excluding carboxylic acids is 1. The van der Waals surface area contributed by atoms with Crippen LogP contribution in [-0.4, -0.2) is 23.3 Å². The van der Waals surface area contributed by atoms with Crippen LogP contribution >= 0.6 is 45.7 Å². The Hall–Kier alpha value is -3.32. The van der Waals surface area contributed by atoms with Crippen LogP contribution in [0.5, 0.6) is 0 Å². The number of rotatable bonds is 7. The first-order chi connectivity index (χ1) is 19.5. The van der Waals surface area contributed by atoms with Crippen molar-refractivity contribution in [1.82, 2.24) is 4.98 Å². The molecule has 1 unspecified atom stereocenters. The quantitative estimate of drug-likeness (QED) is 0.169. The molecule has 5 rings (SSSR count). The van der Waals surface area contributed by atoms with Crippen LogP contribution in [0.25, 0.3) is 10.4 Å². The van der Waals surface area contributed by atoms with E-state index < -0.39 is 11.9 Å². The number of pyridine rings is 1. The maximum absolute atomic E-state index is 13.4. The van der Waals surface area contributed by atoms with Gasteiger partial charge in [0, 0.05) is 19.7 Å². The zero-order valence-corrected chi connectivity index (χ0v) is 25.5. The third kappa shape index (κ3) is 5.36. The van der Waals surface area contributed by atoms with Crippen molar-refractivity contribution in [2.24, 2.45) is 5.73 Å². The molecule has 2 N–H and O–H groups in total. The lowest BCUT2D eigenvalue weighted by Gasteiger charge is -2.28. The monoisotopic (exact) mass is 680 g/mol. The van der Waals surface area contributed by atoms with Gasteiger partial charge in [-0.3, -0.25) is 0 Å². The van der Waals surface area contributed by atoms with Crippen LogP contribution in [-0.2, 0) is 27.1 Å². The first kappa shape index (κ1) is 28.2. The predicted octanol–water partition coefficient (Wildman–Crippen LogP) is 6.58. The number of aryl methyl sites for hydroxylation is 1. The van der Waals surface area contributed by atoms with Gasteiger partial charge in [-0.1, -0.05) is 36.0 Å². The Morgan fingerprint density at radius 3 is 2.73 bits per heavy atom. The molecule has 0 amide bonds. The topological polar surface area (TPSA) is 122 Å². The van der Waals surface area contributed by atoms with Crippen LogP contribution in [0.15, 0.2) is 69.6 Å². The Kier molecular flexibility index (Phi) is 8.79. The lowest BCUT2D eigenvalue weighted by atomic mass is 9.83. The molecule has 0 spiro atoms. The van der Waals surface area contributed by atoms with Gasteiger partial charge in [0.2, 0.25) is 5.88 Å². The molecule has 0 bridgehead atoms. The number of thiophene rings is 1. The second-order valence-electron chi connectivity index (χ2n) is 9.18. The maximum atomic E-state index is 13.4. The van der Waals surface area contributed by atoms with Gasteiger partial charge in [-0.15, -0.1) is 11.3 Å². The fraction of sp³-hybridized carbons (Fsp3) is 0.267. The van der Waals surface area contributed by atoms with Crippen LogP contribution in [0.3, 0.4) is 0 Å². The lowest BCUT2D eigenvalue weighted by Crippen LogP contribution is -2.27. The molecule has 1 aliphatic carbocycles. The maximum Gasteiger partial charge on any atom is 0.338 e. The molecule has 1 atom stereocenters. The van der Waals surface area contributed by atoms with Crippen LogP contribution in [0, 0.1) is 26.2 Å². The second kappa shape index (κ2) is 12.5. The Bertz CT molecular complexity index is 1620. The number of esters is 1. The molecular weight excluding hydrogens is 655 g/mol. The largest absolute Gasteiger partial charge is 0.463 e. The van der Waals surface area contributed by atoms with E-state index in [0.717, 1.165) is 56.5 Å². The number of nitrogens with two attached hydrogens (primary N) is 1. The third-order valence-electron chi connectivity index (χ3n) is 6.87. The van der Waals surface area contributed by atoms with Crippen molar-refractivity contribution in [2.75, 3.05) is 12.4 Å². The molecular formula is C30H25IN4O3S2. The van der Waals surface area contributed by atoms with Gasteiger partial charge in [-0.2, -0.15) is 10.5 Å². The molecule has 2 aliphatic rings. The van der Waals surface area contributed by atoms with E-state index in [1.165, 1.54) is 11.8 Å². The fourth-order valence-corrected chi connectivity index (χ4v) is 7.58. The number of hydrogen-bond acceptors (Lipinski definition) is 9. The van der Waals surface area contributed by atoms with Crippen LogP contribution in [0.1, 0.15) is 48.1 Å². The SMILES string of the molecule is CCOC(=O)C1=C(CSc2nc3c(c(-c4cccs4)c2C#N)CCCC3)OC(N)=C(C#N)C1c1ccccc1I. The average molecular weight is 681 g/mol. The molecule has 0 saturated heterocycles. The number of hydrogen-bond donors (Lipinski definition) is 1. The van der Waals surface area contributed by atoms with E-state index in [2.05, 4.69) is 34.7 Å². The molecule has 10 heteroatoms. The fourth-order valence-electron chi connectivity index (χ4n) is 5.13. The van der Waals surface area contributed by atoms with Gasteiger partial charge in [0.05, 0.1) is 29.4 Å². The van der Waals surface area contributed by atoms with Crippen molar-refractivity contribution in [1.29, 1.82) is 10.5 Å². The molecule has 1 aliphatic heterocycles. The second-order valence-corrected chi connectivity index (χ2v) is 12.3. The number of benzene rings is 1. The van der Waals surface area contributed by atoms with Gasteiger partial charge >= 0.3 is 5.97 Å². The molecule has 2 aromatic heterocycles. The summed E-state index contributed by atoms with van der Waals surface area (Å²) in [7, 11) is 0. The van der Waals surface area contributed by atoms with Crippen molar-refractivity contribution in [3.8, 4) is 22.6 Å². The van der Waals surface area contributed by atoms with Gasteiger partial charge in [0.1, 0.15) is 28.5 Å². The lowest BCUT2D eigenvalue weighted by molar-refractivity contribution is -0.139. The van der Waals surface area contributed by atoms with E-state index >= 15 is 0 Å². The van der Waals surface area contributed by atoms with Crippen molar-refractivity contribution in [3.05, 3.63) is 90.5 Å². The van der Waals surface area contributed by atoms with Crippen LogP contribution < -0.4 is 5.73 Å². The molecule has 7 nitrogen and oxygen atoms in total. The van der Waals surface area contributed by atoms with Gasteiger partial charge in [0.15, 0.2) is 0 Å². The van der Waals surface area contributed by atoms with E-state index in [-0.39, 0.29) is 29.4 Å². The van der Waals surface area contributed by atoms with Crippen molar-refractivity contribution in [3.63, 3.8) is 0 Å². The summed E-state index contributed by atoms with van der Waals surface area (Å²) < 4.78 is 12.3. The number of halogens is 1. The van der Waals surface area contributed by atoms with Crippen LogP contribution in [0.4, 0.5) is 0 Å².